The van der Waals surface area contributed by atoms with Crippen LogP contribution in [0.1, 0.15) is 21.5 Å². The summed E-state index contributed by atoms with van der Waals surface area (Å²) in [6.07, 6.45) is 0. The molecule has 0 unspecified atom stereocenters. The topological polar surface area (TPSA) is 88.6 Å². The number of anilines is 1. The highest BCUT2D eigenvalue weighted by Gasteiger charge is 2.11. The summed E-state index contributed by atoms with van der Waals surface area (Å²) in [5.41, 5.74) is 10.3. The summed E-state index contributed by atoms with van der Waals surface area (Å²) in [6.45, 7) is 0.297. The third kappa shape index (κ3) is 4.97. The number of methoxy groups -OCH3 is 1. The van der Waals surface area contributed by atoms with Crippen molar-refractivity contribution in [2.24, 2.45) is 5.73 Å². The van der Waals surface area contributed by atoms with Gasteiger partial charge in [-0.25, -0.2) is 4.79 Å². The fourth-order valence-corrected chi connectivity index (χ4v) is 3.05. The molecule has 0 atom stereocenters. The summed E-state index contributed by atoms with van der Waals surface area (Å²) in [5, 5.41) is 7.66. The van der Waals surface area contributed by atoms with Crippen molar-refractivity contribution in [2.45, 2.75) is 6.61 Å². The van der Waals surface area contributed by atoms with E-state index < -0.39 is 5.97 Å². The number of nitrogens with two attached hydrogens (primary N) is 1. The fraction of sp³-hybridized carbons (Fsp3) is 0.167. The minimum absolute atomic E-state index is 0.00861. The van der Waals surface area contributed by atoms with Gasteiger partial charge in [0, 0.05) is 25.3 Å². The van der Waals surface area contributed by atoms with Crippen LogP contribution < -0.4 is 15.4 Å². The van der Waals surface area contributed by atoms with Crippen LogP contribution in [0.5, 0.6) is 5.75 Å². The third-order valence-corrected chi connectivity index (χ3v) is 4.68. The summed E-state index contributed by atoms with van der Waals surface area (Å²) in [7, 11) is 5.32. The zero-order chi connectivity index (χ0) is 21.7. The van der Waals surface area contributed by atoms with Gasteiger partial charge in [0.2, 0.25) is 0 Å². The number of rotatable bonds is 7. The zero-order valence-electron chi connectivity index (χ0n) is 17.3. The normalized spacial score (nSPS) is 10.4. The Balaban J connectivity index is 1.90. The van der Waals surface area contributed by atoms with Crippen LogP contribution in [0.2, 0.25) is 0 Å². The molecule has 0 aliphatic heterocycles. The van der Waals surface area contributed by atoms with Gasteiger partial charge in [-0.3, -0.25) is 5.41 Å². The summed E-state index contributed by atoms with van der Waals surface area (Å²) >= 11 is 0. The maximum Gasteiger partial charge on any atom is 0.337 e. The third-order valence-electron chi connectivity index (χ3n) is 4.68. The largest absolute Gasteiger partial charge is 0.489 e. The zero-order valence-corrected chi connectivity index (χ0v) is 17.3. The molecule has 3 rings (SSSR count). The lowest BCUT2D eigenvalue weighted by Gasteiger charge is -2.14. The summed E-state index contributed by atoms with van der Waals surface area (Å²) in [6, 6.07) is 20.6. The molecule has 0 saturated carbocycles. The van der Waals surface area contributed by atoms with E-state index in [1.54, 1.807) is 18.2 Å². The van der Waals surface area contributed by atoms with Crippen molar-refractivity contribution in [1.29, 1.82) is 5.41 Å². The number of hydrogen-bond acceptors (Lipinski definition) is 5. The van der Waals surface area contributed by atoms with Crippen LogP contribution >= 0.6 is 0 Å². The van der Waals surface area contributed by atoms with E-state index in [4.69, 9.17) is 20.6 Å². The van der Waals surface area contributed by atoms with Crippen molar-refractivity contribution in [3.8, 4) is 16.9 Å². The molecule has 0 bridgehead atoms. The Hall–Kier alpha value is -3.80. The van der Waals surface area contributed by atoms with Crippen molar-refractivity contribution in [1.82, 2.24) is 0 Å². The highest BCUT2D eigenvalue weighted by molar-refractivity contribution is 5.96. The average Bonchev–Trinajstić information content (AvgIpc) is 2.77. The molecule has 0 amide bonds. The Labute approximate surface area is 176 Å². The van der Waals surface area contributed by atoms with E-state index >= 15 is 0 Å². The van der Waals surface area contributed by atoms with Gasteiger partial charge in [0.1, 0.15) is 18.2 Å². The van der Waals surface area contributed by atoms with Gasteiger partial charge in [-0.05, 0) is 65.2 Å². The van der Waals surface area contributed by atoms with Gasteiger partial charge >= 0.3 is 5.97 Å². The van der Waals surface area contributed by atoms with Crippen molar-refractivity contribution >= 4 is 17.5 Å². The standard InChI is InChI=1S/C24H25N3O3/c1-27(2)21-7-9-22(10-8-21)30-15-16-11-19(14-20(12-16)24(28)29-3)17-5-4-6-18(13-17)23(25)26/h4-14H,15H2,1-3H3,(H3,25,26). The molecular formula is C24H25N3O3. The van der Waals surface area contributed by atoms with Crippen LogP contribution in [-0.2, 0) is 11.3 Å². The molecule has 30 heavy (non-hydrogen) atoms. The minimum atomic E-state index is -0.420. The predicted molar refractivity (Wildman–Crippen MR) is 119 cm³/mol. The first-order valence-electron chi connectivity index (χ1n) is 9.44. The van der Waals surface area contributed by atoms with E-state index in [0.29, 0.717) is 17.7 Å². The first-order valence-corrected chi connectivity index (χ1v) is 9.44. The molecular weight excluding hydrogens is 378 g/mol. The molecule has 6 heteroatoms. The van der Waals surface area contributed by atoms with Gasteiger partial charge in [-0.1, -0.05) is 18.2 Å². The van der Waals surface area contributed by atoms with E-state index in [1.807, 2.05) is 67.5 Å². The monoisotopic (exact) mass is 403 g/mol. The number of esters is 1. The number of nitrogen functional groups attached to an aromatic ring is 1. The molecule has 0 heterocycles. The van der Waals surface area contributed by atoms with E-state index in [9.17, 15) is 4.79 Å². The summed E-state index contributed by atoms with van der Waals surface area (Å²) in [4.78, 5) is 14.2. The number of nitrogens with zero attached hydrogens (tertiary/aromatic N) is 1. The molecule has 3 aromatic carbocycles. The second-order valence-electron chi connectivity index (χ2n) is 7.08. The molecule has 3 N–H and O–H groups in total. The molecule has 0 spiro atoms. The number of benzene rings is 3. The smallest absolute Gasteiger partial charge is 0.337 e. The van der Waals surface area contributed by atoms with Gasteiger partial charge in [0.15, 0.2) is 0 Å². The Morgan fingerprint density at radius 2 is 1.67 bits per heavy atom. The quantitative estimate of drug-likeness (QED) is 0.353. The molecule has 0 aliphatic rings. The van der Waals surface area contributed by atoms with Crippen LogP contribution in [0.25, 0.3) is 11.1 Å². The SMILES string of the molecule is COC(=O)c1cc(COc2ccc(N(C)C)cc2)cc(-c2cccc(C(=N)N)c2)c1. The molecule has 0 aromatic heterocycles. The van der Waals surface area contributed by atoms with E-state index in [2.05, 4.69) is 0 Å². The van der Waals surface area contributed by atoms with Crippen molar-refractivity contribution in [3.05, 3.63) is 83.4 Å². The van der Waals surface area contributed by atoms with Crippen LogP contribution in [0.3, 0.4) is 0 Å². The molecule has 0 radical (unpaired) electrons. The van der Waals surface area contributed by atoms with Gasteiger partial charge < -0.3 is 20.1 Å². The summed E-state index contributed by atoms with van der Waals surface area (Å²) in [5.74, 6) is 0.311. The number of carbonyl (C=O) groups is 1. The molecule has 0 aliphatic carbocycles. The van der Waals surface area contributed by atoms with Crippen LogP contribution in [0.15, 0.2) is 66.7 Å². The number of amidine groups is 1. The first kappa shape index (κ1) is 20.9. The Bertz CT molecular complexity index is 1060. The predicted octanol–water partition coefficient (Wildman–Crippen LogP) is 4.07. The fourth-order valence-electron chi connectivity index (χ4n) is 3.05. The van der Waals surface area contributed by atoms with Crippen LogP contribution in [-0.4, -0.2) is 33.0 Å². The first-order chi connectivity index (χ1) is 14.4. The molecule has 154 valence electrons. The summed E-state index contributed by atoms with van der Waals surface area (Å²) < 4.78 is 10.8. The highest BCUT2D eigenvalue weighted by atomic mass is 16.5. The lowest BCUT2D eigenvalue weighted by molar-refractivity contribution is 0.0600. The van der Waals surface area contributed by atoms with Gasteiger partial charge in [-0.15, -0.1) is 0 Å². The maximum absolute atomic E-state index is 12.2. The molecule has 0 saturated heterocycles. The lowest BCUT2D eigenvalue weighted by atomic mass is 9.98. The number of hydrogen-bond donors (Lipinski definition) is 2. The number of nitrogens with one attached hydrogen (secondary N) is 1. The van der Waals surface area contributed by atoms with Gasteiger partial charge in [-0.2, -0.15) is 0 Å². The minimum Gasteiger partial charge on any atom is -0.489 e. The van der Waals surface area contributed by atoms with Crippen molar-refractivity contribution < 1.29 is 14.3 Å². The Kier molecular flexibility index (Phi) is 6.37. The van der Waals surface area contributed by atoms with Crippen molar-refractivity contribution in [3.63, 3.8) is 0 Å². The number of carbonyl (C=O) groups excluding carboxylic acids is 1. The lowest BCUT2D eigenvalue weighted by Crippen LogP contribution is -2.10. The molecule has 6 nitrogen and oxygen atoms in total. The number of ether oxygens (including phenoxy) is 2. The van der Waals surface area contributed by atoms with E-state index in [0.717, 1.165) is 28.1 Å². The van der Waals surface area contributed by atoms with Crippen LogP contribution in [0.4, 0.5) is 5.69 Å². The molecule has 0 fully saturated rings. The second-order valence-corrected chi connectivity index (χ2v) is 7.08. The highest BCUT2D eigenvalue weighted by Crippen LogP contribution is 2.25. The maximum atomic E-state index is 12.2. The molecule has 3 aromatic rings. The Morgan fingerprint density at radius 1 is 0.967 bits per heavy atom. The van der Waals surface area contributed by atoms with Crippen molar-refractivity contribution in [2.75, 3.05) is 26.1 Å². The van der Waals surface area contributed by atoms with E-state index in [-0.39, 0.29) is 5.84 Å². The van der Waals surface area contributed by atoms with E-state index in [1.165, 1.54) is 7.11 Å². The van der Waals surface area contributed by atoms with Gasteiger partial charge in [0.25, 0.3) is 0 Å². The Morgan fingerprint density at radius 3 is 2.30 bits per heavy atom. The average molecular weight is 403 g/mol. The van der Waals surface area contributed by atoms with Gasteiger partial charge in [0.05, 0.1) is 12.7 Å². The van der Waals surface area contributed by atoms with Crippen LogP contribution in [0, 0.1) is 5.41 Å². The second kappa shape index (κ2) is 9.13.